The molecule has 2 aromatic heterocycles. The molecule has 14 heteroatoms. The predicted molar refractivity (Wildman–Crippen MR) is 105 cm³/mol. The Morgan fingerprint density at radius 1 is 1.12 bits per heavy atom. The Balaban J connectivity index is 1.54. The summed E-state index contributed by atoms with van der Waals surface area (Å²) >= 11 is 0. The first-order valence-electron chi connectivity index (χ1n) is 9.68. The highest BCUT2D eigenvalue weighted by atomic mass is 19.4. The average molecular weight is 457 g/mol. The summed E-state index contributed by atoms with van der Waals surface area (Å²) in [5, 5.41) is 0. The van der Waals surface area contributed by atoms with Crippen molar-refractivity contribution in [3.63, 3.8) is 0 Å². The van der Waals surface area contributed by atoms with Crippen molar-refractivity contribution in [2.45, 2.75) is 32.3 Å². The van der Waals surface area contributed by atoms with Crippen molar-refractivity contribution < 1.29 is 27.5 Å². The molecule has 2 N–H and O–H groups in total. The van der Waals surface area contributed by atoms with Gasteiger partial charge in [-0.25, -0.2) is 19.6 Å². The highest BCUT2D eigenvalue weighted by Crippen LogP contribution is 2.28. The fraction of sp³-hybridized carbons (Fsp3) is 0.500. The van der Waals surface area contributed by atoms with Gasteiger partial charge in [-0.15, -0.1) is 0 Å². The maximum atomic E-state index is 12.6. The zero-order chi connectivity index (χ0) is 23.5. The number of hydrogen-bond donors (Lipinski definition) is 1. The van der Waals surface area contributed by atoms with Crippen LogP contribution >= 0.6 is 0 Å². The predicted octanol–water partition coefficient (Wildman–Crippen LogP) is 0.291. The van der Waals surface area contributed by atoms with E-state index >= 15 is 0 Å². The molecule has 1 fully saturated rings. The number of amides is 2. The number of alkyl halides is 3. The van der Waals surface area contributed by atoms with Crippen molar-refractivity contribution in [2.24, 2.45) is 5.73 Å². The van der Waals surface area contributed by atoms with Crippen molar-refractivity contribution in [3.8, 4) is 0 Å². The summed E-state index contributed by atoms with van der Waals surface area (Å²) in [4.78, 5) is 46.6. The summed E-state index contributed by atoms with van der Waals surface area (Å²) in [6.07, 6.45) is -1.66. The van der Waals surface area contributed by atoms with Crippen LogP contribution in [0.4, 0.5) is 23.9 Å². The zero-order valence-electron chi connectivity index (χ0n) is 17.2. The molecule has 0 spiro atoms. The lowest BCUT2D eigenvalue weighted by atomic mass is 10.3. The number of nitrogens with zero attached hydrogens (tertiary/aromatic N) is 6. The van der Waals surface area contributed by atoms with E-state index < -0.39 is 29.6 Å². The second-order valence-corrected chi connectivity index (χ2v) is 7.25. The van der Waals surface area contributed by atoms with Crippen LogP contribution in [-0.4, -0.2) is 68.3 Å². The third kappa shape index (κ3) is 5.56. The third-order valence-electron chi connectivity index (χ3n) is 4.88. The van der Waals surface area contributed by atoms with Crippen molar-refractivity contribution in [1.82, 2.24) is 24.0 Å². The second-order valence-electron chi connectivity index (χ2n) is 7.25. The molecule has 2 aromatic rings. The Bertz CT molecular complexity index is 1010. The molecule has 1 atom stereocenters. The first-order chi connectivity index (χ1) is 15.0. The summed E-state index contributed by atoms with van der Waals surface area (Å²) in [6.45, 7) is 2.80. The van der Waals surface area contributed by atoms with E-state index in [1.165, 1.54) is 21.5 Å². The number of ether oxygens (including phenoxy) is 1. The minimum absolute atomic E-state index is 0.0920. The van der Waals surface area contributed by atoms with Gasteiger partial charge in [-0.2, -0.15) is 13.2 Å². The topological polar surface area (TPSA) is 129 Å². The fourth-order valence-electron chi connectivity index (χ4n) is 3.26. The van der Waals surface area contributed by atoms with Gasteiger partial charge in [0.05, 0.1) is 12.1 Å². The van der Waals surface area contributed by atoms with Crippen LogP contribution in [0.1, 0.15) is 12.5 Å². The van der Waals surface area contributed by atoms with Gasteiger partial charge in [-0.05, 0) is 6.92 Å². The standard InChI is InChI=1S/C18H22F3N7O4/c1-12(32-15(22)30)10-27-6-7-28(17(27)31)11-14(29)25-2-4-26(5-3-25)16-23-8-13(9-24-16)18(19,20)21/h6-9,12H,2-5,10-11H2,1H3,(H2,22,30)/t12-/m0/s1. The molecular formula is C18H22F3N7O4. The van der Waals surface area contributed by atoms with E-state index in [0.717, 1.165) is 12.4 Å². The molecule has 1 aliphatic heterocycles. The largest absolute Gasteiger partial charge is 0.445 e. The van der Waals surface area contributed by atoms with Gasteiger partial charge < -0.3 is 20.3 Å². The van der Waals surface area contributed by atoms with E-state index in [-0.39, 0.29) is 24.9 Å². The van der Waals surface area contributed by atoms with Crippen LogP contribution < -0.4 is 16.3 Å². The van der Waals surface area contributed by atoms with Gasteiger partial charge >= 0.3 is 18.0 Å². The maximum absolute atomic E-state index is 12.6. The van der Waals surface area contributed by atoms with E-state index in [0.29, 0.717) is 26.2 Å². The number of halogens is 3. The second kappa shape index (κ2) is 9.28. The SMILES string of the molecule is C[C@@H](Cn1ccn(CC(=O)N2CCN(c3ncc(C(F)(F)F)cn3)CC2)c1=O)OC(N)=O. The molecule has 1 saturated heterocycles. The number of carbonyl (C=O) groups is 2. The first-order valence-corrected chi connectivity index (χ1v) is 9.68. The summed E-state index contributed by atoms with van der Waals surface area (Å²) in [5.41, 5.74) is 3.59. The van der Waals surface area contributed by atoms with Gasteiger partial charge in [0.25, 0.3) is 0 Å². The molecule has 11 nitrogen and oxygen atoms in total. The lowest BCUT2D eigenvalue weighted by molar-refractivity contribution is -0.138. The highest BCUT2D eigenvalue weighted by Gasteiger charge is 2.32. The first kappa shape index (κ1) is 23.1. The Hall–Kier alpha value is -3.58. The lowest BCUT2D eigenvalue weighted by Gasteiger charge is -2.34. The van der Waals surface area contributed by atoms with Crippen molar-refractivity contribution in [2.75, 3.05) is 31.1 Å². The molecule has 3 rings (SSSR count). The van der Waals surface area contributed by atoms with Crippen LogP contribution in [0.5, 0.6) is 0 Å². The quantitative estimate of drug-likeness (QED) is 0.660. The summed E-state index contributed by atoms with van der Waals surface area (Å²) < 4.78 is 45.2. The van der Waals surface area contributed by atoms with E-state index in [1.807, 2.05) is 0 Å². The van der Waals surface area contributed by atoms with Gasteiger partial charge in [0.1, 0.15) is 12.6 Å². The number of carbonyl (C=O) groups excluding carboxylic acids is 2. The van der Waals surface area contributed by atoms with Crippen LogP contribution in [0.3, 0.4) is 0 Å². The Morgan fingerprint density at radius 2 is 1.72 bits per heavy atom. The van der Waals surface area contributed by atoms with Gasteiger partial charge in [-0.1, -0.05) is 0 Å². The smallest absolute Gasteiger partial charge is 0.419 e. The number of anilines is 1. The van der Waals surface area contributed by atoms with Gasteiger partial charge in [-0.3, -0.25) is 13.9 Å². The van der Waals surface area contributed by atoms with Gasteiger partial charge in [0.2, 0.25) is 11.9 Å². The molecule has 0 unspecified atom stereocenters. The molecule has 32 heavy (non-hydrogen) atoms. The number of hydrogen-bond acceptors (Lipinski definition) is 7. The van der Waals surface area contributed by atoms with Crippen molar-refractivity contribution in [1.29, 1.82) is 0 Å². The van der Waals surface area contributed by atoms with Crippen molar-refractivity contribution in [3.05, 3.63) is 40.8 Å². The molecular weight excluding hydrogens is 435 g/mol. The fourth-order valence-corrected chi connectivity index (χ4v) is 3.26. The number of piperazine rings is 1. The zero-order valence-corrected chi connectivity index (χ0v) is 17.2. The molecule has 0 aliphatic carbocycles. The molecule has 0 saturated carbocycles. The highest BCUT2D eigenvalue weighted by molar-refractivity contribution is 5.76. The Morgan fingerprint density at radius 3 is 2.28 bits per heavy atom. The molecule has 0 radical (unpaired) electrons. The number of aromatic nitrogens is 4. The molecule has 1 aliphatic rings. The molecule has 3 heterocycles. The maximum Gasteiger partial charge on any atom is 0.419 e. The van der Waals surface area contributed by atoms with E-state index in [4.69, 9.17) is 10.5 Å². The summed E-state index contributed by atoms with van der Waals surface area (Å²) in [6, 6.07) is 0. The normalized spacial score (nSPS) is 15.5. The number of imidazole rings is 1. The minimum Gasteiger partial charge on any atom is -0.445 e. The van der Waals surface area contributed by atoms with Crippen LogP contribution in [0.2, 0.25) is 0 Å². The Labute approximate surface area is 180 Å². The number of nitrogens with two attached hydrogens (primary N) is 1. The average Bonchev–Trinajstić information content (AvgIpc) is 3.06. The summed E-state index contributed by atoms with van der Waals surface area (Å²) in [5.74, 6) is -0.120. The van der Waals surface area contributed by atoms with Gasteiger partial charge in [0.15, 0.2) is 0 Å². The molecule has 0 bridgehead atoms. The van der Waals surface area contributed by atoms with Crippen LogP contribution in [0.15, 0.2) is 29.6 Å². The lowest BCUT2D eigenvalue weighted by Crippen LogP contribution is -2.50. The summed E-state index contributed by atoms with van der Waals surface area (Å²) in [7, 11) is 0. The van der Waals surface area contributed by atoms with E-state index in [2.05, 4.69) is 9.97 Å². The monoisotopic (exact) mass is 457 g/mol. The van der Waals surface area contributed by atoms with E-state index in [9.17, 15) is 27.6 Å². The van der Waals surface area contributed by atoms with Crippen molar-refractivity contribution >= 4 is 17.9 Å². The molecule has 0 aromatic carbocycles. The number of rotatable bonds is 6. The van der Waals surface area contributed by atoms with Crippen LogP contribution in [0.25, 0.3) is 0 Å². The van der Waals surface area contributed by atoms with E-state index in [1.54, 1.807) is 16.7 Å². The van der Waals surface area contributed by atoms with Gasteiger partial charge in [0, 0.05) is 51.0 Å². The third-order valence-corrected chi connectivity index (χ3v) is 4.88. The molecule has 174 valence electrons. The molecule has 2 amide bonds. The van der Waals surface area contributed by atoms with Crippen LogP contribution in [0, 0.1) is 0 Å². The number of primary amides is 1. The van der Waals surface area contributed by atoms with Crippen LogP contribution in [-0.2, 0) is 28.8 Å². The Kier molecular flexibility index (Phi) is 6.69. The minimum atomic E-state index is -4.51.